The summed E-state index contributed by atoms with van der Waals surface area (Å²) in [6, 6.07) is 3.52. The summed E-state index contributed by atoms with van der Waals surface area (Å²) in [5.41, 5.74) is 0. The van der Waals surface area contributed by atoms with Gasteiger partial charge in [0, 0.05) is 13.0 Å². The molecule has 1 aliphatic heterocycles. The van der Waals surface area contributed by atoms with Crippen molar-refractivity contribution in [3.63, 3.8) is 0 Å². The van der Waals surface area contributed by atoms with Crippen LogP contribution in [-0.4, -0.2) is 33.9 Å². The first kappa shape index (κ1) is 11.2. The van der Waals surface area contributed by atoms with Crippen molar-refractivity contribution in [1.29, 1.82) is 0 Å². The van der Waals surface area contributed by atoms with Crippen molar-refractivity contribution in [1.82, 2.24) is 9.88 Å². The van der Waals surface area contributed by atoms with Crippen molar-refractivity contribution in [2.75, 3.05) is 6.54 Å². The van der Waals surface area contributed by atoms with Gasteiger partial charge in [0.2, 0.25) is 0 Å². The van der Waals surface area contributed by atoms with Crippen LogP contribution in [0.4, 0.5) is 4.79 Å². The third kappa shape index (κ3) is 2.44. The molecule has 1 aliphatic rings. The number of nitrogens with zero attached hydrogens (tertiary/aromatic N) is 2. The van der Waals surface area contributed by atoms with Crippen LogP contribution in [0.3, 0.4) is 0 Å². The van der Waals surface area contributed by atoms with E-state index in [4.69, 9.17) is 9.84 Å². The zero-order valence-corrected chi connectivity index (χ0v) is 10.1. The van der Waals surface area contributed by atoms with Gasteiger partial charge in [-0.15, -0.1) is 0 Å². The number of rotatable bonds is 2. The Balaban J connectivity index is 2.03. The Bertz CT molecular complexity index is 382. The fourth-order valence-corrected chi connectivity index (χ4v) is 1.90. The fourth-order valence-electron chi connectivity index (χ4n) is 1.67. The Labute approximate surface area is 101 Å². The predicted molar refractivity (Wildman–Crippen MR) is 60.3 cm³/mol. The van der Waals surface area contributed by atoms with E-state index in [1.54, 1.807) is 18.3 Å². The number of carboxylic acid groups (broad SMARTS) is 1. The second-order valence-corrected chi connectivity index (χ2v) is 4.32. The molecule has 1 unspecified atom stereocenters. The fraction of sp³-hybridized carbons (Fsp3) is 0.400. The second-order valence-electron chi connectivity index (χ2n) is 3.51. The lowest BCUT2D eigenvalue weighted by Gasteiger charge is -2.22. The van der Waals surface area contributed by atoms with E-state index >= 15 is 0 Å². The van der Waals surface area contributed by atoms with Crippen molar-refractivity contribution in [2.24, 2.45) is 0 Å². The van der Waals surface area contributed by atoms with Gasteiger partial charge < -0.3 is 9.84 Å². The molecule has 6 heteroatoms. The van der Waals surface area contributed by atoms with Gasteiger partial charge in [-0.2, -0.15) is 0 Å². The van der Waals surface area contributed by atoms with E-state index < -0.39 is 6.09 Å². The molecule has 0 saturated carbocycles. The van der Waals surface area contributed by atoms with Gasteiger partial charge in [-0.05, 0) is 34.5 Å². The van der Waals surface area contributed by atoms with Crippen LogP contribution in [0, 0.1) is 0 Å². The van der Waals surface area contributed by atoms with Crippen LogP contribution in [0.1, 0.15) is 12.8 Å². The lowest BCUT2D eigenvalue weighted by molar-refractivity contribution is 0.0578. The maximum absolute atomic E-state index is 10.9. The molecule has 0 spiro atoms. The SMILES string of the molecule is O=C(O)N1CCCC1Oc1ccc(Br)nc1. The van der Waals surface area contributed by atoms with Crippen LogP contribution in [0.15, 0.2) is 22.9 Å². The number of pyridine rings is 1. The molecule has 2 rings (SSSR count). The summed E-state index contributed by atoms with van der Waals surface area (Å²) in [5.74, 6) is 0.585. The van der Waals surface area contributed by atoms with Crippen LogP contribution < -0.4 is 4.74 Å². The molecule has 1 aromatic rings. The average molecular weight is 287 g/mol. The summed E-state index contributed by atoms with van der Waals surface area (Å²) in [6.45, 7) is 0.532. The van der Waals surface area contributed by atoms with Gasteiger partial charge in [0.15, 0.2) is 6.23 Å². The normalized spacial score (nSPS) is 19.8. The summed E-state index contributed by atoms with van der Waals surface area (Å²) in [4.78, 5) is 16.2. The molecule has 1 aromatic heterocycles. The Kier molecular flexibility index (Phi) is 3.28. The quantitative estimate of drug-likeness (QED) is 0.848. The highest BCUT2D eigenvalue weighted by atomic mass is 79.9. The average Bonchev–Trinajstić information content (AvgIpc) is 2.69. The highest BCUT2D eigenvalue weighted by molar-refractivity contribution is 9.10. The Hall–Kier alpha value is -1.30. The van der Waals surface area contributed by atoms with Crippen LogP contribution >= 0.6 is 15.9 Å². The maximum Gasteiger partial charge on any atom is 0.410 e. The molecule has 1 atom stereocenters. The molecule has 0 aromatic carbocycles. The zero-order valence-electron chi connectivity index (χ0n) is 8.47. The molecule has 1 fully saturated rings. The molecule has 2 heterocycles. The Morgan fingerprint density at radius 1 is 1.62 bits per heavy atom. The maximum atomic E-state index is 10.9. The van der Waals surface area contributed by atoms with E-state index in [1.165, 1.54) is 4.90 Å². The largest absolute Gasteiger partial charge is 0.469 e. The summed E-state index contributed by atoms with van der Waals surface area (Å²) < 4.78 is 6.29. The van der Waals surface area contributed by atoms with Gasteiger partial charge in [-0.25, -0.2) is 9.78 Å². The van der Waals surface area contributed by atoms with Crippen LogP contribution in [0.2, 0.25) is 0 Å². The number of hydrogen-bond acceptors (Lipinski definition) is 3. The van der Waals surface area contributed by atoms with Gasteiger partial charge >= 0.3 is 6.09 Å². The third-order valence-corrected chi connectivity index (χ3v) is 2.88. The topological polar surface area (TPSA) is 62.7 Å². The summed E-state index contributed by atoms with van der Waals surface area (Å²) in [6.07, 6.45) is 1.80. The van der Waals surface area contributed by atoms with E-state index in [0.717, 1.165) is 17.4 Å². The molecule has 1 amide bonds. The molecular formula is C10H11BrN2O3. The molecule has 16 heavy (non-hydrogen) atoms. The molecular weight excluding hydrogens is 276 g/mol. The molecule has 5 nitrogen and oxygen atoms in total. The van der Waals surface area contributed by atoms with E-state index in [9.17, 15) is 4.79 Å². The lowest BCUT2D eigenvalue weighted by atomic mass is 10.3. The predicted octanol–water partition coefficient (Wildman–Crippen LogP) is 2.32. The number of amides is 1. The summed E-state index contributed by atoms with van der Waals surface area (Å²) >= 11 is 3.22. The minimum atomic E-state index is -0.937. The van der Waals surface area contributed by atoms with Crippen LogP contribution in [0.25, 0.3) is 0 Å². The van der Waals surface area contributed by atoms with E-state index in [2.05, 4.69) is 20.9 Å². The van der Waals surface area contributed by atoms with Crippen molar-refractivity contribution in [3.8, 4) is 5.75 Å². The van der Waals surface area contributed by atoms with Crippen molar-refractivity contribution < 1.29 is 14.6 Å². The van der Waals surface area contributed by atoms with Crippen molar-refractivity contribution in [2.45, 2.75) is 19.1 Å². The van der Waals surface area contributed by atoms with E-state index in [0.29, 0.717) is 12.3 Å². The first-order chi connectivity index (χ1) is 7.66. The molecule has 0 radical (unpaired) electrons. The van der Waals surface area contributed by atoms with Gasteiger partial charge in [0.1, 0.15) is 10.4 Å². The van der Waals surface area contributed by atoms with Crippen molar-refractivity contribution in [3.05, 3.63) is 22.9 Å². The monoisotopic (exact) mass is 286 g/mol. The second kappa shape index (κ2) is 4.69. The highest BCUT2D eigenvalue weighted by Gasteiger charge is 2.29. The molecule has 0 bridgehead atoms. The highest BCUT2D eigenvalue weighted by Crippen LogP contribution is 2.22. The Morgan fingerprint density at radius 3 is 3.06 bits per heavy atom. The number of likely N-dealkylation sites (tertiary alicyclic amines) is 1. The first-order valence-corrected chi connectivity index (χ1v) is 5.74. The van der Waals surface area contributed by atoms with Crippen LogP contribution in [-0.2, 0) is 0 Å². The Morgan fingerprint density at radius 2 is 2.44 bits per heavy atom. The van der Waals surface area contributed by atoms with E-state index in [1.807, 2.05) is 0 Å². The number of carbonyl (C=O) groups is 1. The third-order valence-electron chi connectivity index (χ3n) is 2.42. The van der Waals surface area contributed by atoms with Crippen molar-refractivity contribution >= 4 is 22.0 Å². The first-order valence-electron chi connectivity index (χ1n) is 4.94. The molecule has 1 N–H and O–H groups in total. The van der Waals surface area contributed by atoms with Gasteiger partial charge in [-0.3, -0.25) is 4.90 Å². The standard InChI is InChI=1S/C10H11BrN2O3/c11-8-4-3-7(6-12-8)16-9-2-1-5-13(9)10(14)15/h3-4,6,9H,1-2,5H2,(H,14,15). The lowest BCUT2D eigenvalue weighted by Crippen LogP contribution is -2.37. The van der Waals surface area contributed by atoms with Gasteiger partial charge in [-0.1, -0.05) is 0 Å². The zero-order chi connectivity index (χ0) is 11.5. The number of aromatic nitrogens is 1. The van der Waals surface area contributed by atoms with Gasteiger partial charge in [0.25, 0.3) is 0 Å². The van der Waals surface area contributed by atoms with E-state index in [-0.39, 0.29) is 6.23 Å². The number of halogens is 1. The minimum absolute atomic E-state index is 0.388. The number of ether oxygens (including phenoxy) is 1. The minimum Gasteiger partial charge on any atom is -0.469 e. The molecule has 86 valence electrons. The summed E-state index contributed by atoms with van der Waals surface area (Å²) in [5, 5.41) is 8.93. The number of hydrogen-bond donors (Lipinski definition) is 1. The van der Waals surface area contributed by atoms with Gasteiger partial charge in [0.05, 0.1) is 6.20 Å². The molecule has 1 saturated heterocycles. The smallest absolute Gasteiger partial charge is 0.410 e. The molecule has 0 aliphatic carbocycles. The summed E-state index contributed by atoms with van der Waals surface area (Å²) in [7, 11) is 0. The van der Waals surface area contributed by atoms with Crippen LogP contribution in [0.5, 0.6) is 5.75 Å².